The molecule has 3 rings (SSSR count). The van der Waals surface area contributed by atoms with Gasteiger partial charge in [-0.15, -0.1) is 11.3 Å². The molecule has 0 spiro atoms. The van der Waals surface area contributed by atoms with Crippen molar-refractivity contribution in [3.8, 4) is 0 Å². The van der Waals surface area contributed by atoms with Gasteiger partial charge in [-0.1, -0.05) is 18.2 Å². The van der Waals surface area contributed by atoms with Crippen molar-refractivity contribution < 1.29 is 8.78 Å². The highest BCUT2D eigenvalue weighted by Gasteiger charge is 2.31. The Labute approximate surface area is 115 Å². The predicted octanol–water partition coefficient (Wildman–Crippen LogP) is 3.11. The highest BCUT2D eigenvalue weighted by Crippen LogP contribution is 2.36. The molecule has 1 aromatic carbocycles. The van der Waals surface area contributed by atoms with E-state index in [1.165, 1.54) is 0 Å². The number of halogens is 2. The first kappa shape index (κ1) is 13.0. The number of hydrogen-bond acceptors (Lipinski definition) is 3. The smallest absolute Gasteiger partial charge is 0.258 e. The molecule has 0 saturated carbocycles. The van der Waals surface area contributed by atoms with Crippen molar-refractivity contribution >= 4 is 21.4 Å². The maximum atomic E-state index is 13.5. The average molecular weight is 282 g/mol. The van der Waals surface area contributed by atoms with Crippen molar-refractivity contribution in [2.45, 2.75) is 12.5 Å². The number of nitrogens with zero attached hydrogens (tertiary/aromatic N) is 1. The van der Waals surface area contributed by atoms with Crippen LogP contribution in [-0.4, -0.2) is 37.5 Å². The van der Waals surface area contributed by atoms with E-state index in [0.717, 1.165) is 28.7 Å². The van der Waals surface area contributed by atoms with E-state index in [1.54, 1.807) is 11.3 Å². The van der Waals surface area contributed by atoms with Crippen LogP contribution in [-0.2, 0) is 0 Å². The lowest BCUT2D eigenvalue weighted by Crippen LogP contribution is -2.46. The molecule has 1 saturated heterocycles. The summed E-state index contributed by atoms with van der Waals surface area (Å²) in [6.45, 7) is 2.93. The number of alkyl halides is 2. The Kier molecular flexibility index (Phi) is 3.77. The molecule has 5 heteroatoms. The minimum absolute atomic E-state index is 0.680. The minimum atomic E-state index is -2.35. The second-order valence-corrected chi connectivity index (χ2v) is 5.66. The fourth-order valence-corrected chi connectivity index (χ4v) is 3.67. The first-order valence-corrected chi connectivity index (χ1v) is 7.34. The van der Waals surface area contributed by atoms with Crippen LogP contribution < -0.4 is 5.32 Å². The number of rotatable bonds is 3. The molecule has 1 aliphatic rings. The lowest BCUT2D eigenvalue weighted by Gasteiger charge is -2.34. The van der Waals surface area contributed by atoms with E-state index < -0.39 is 12.5 Å². The van der Waals surface area contributed by atoms with Crippen molar-refractivity contribution in [1.82, 2.24) is 10.2 Å². The molecule has 1 fully saturated rings. The Balaban J connectivity index is 1.99. The standard InChI is InChI=1S/C14H16F2N2S/c15-14(16)13(18-7-5-17-6-8-18)11-9-19-12-4-2-1-3-10(11)12/h1-4,9,13-14,17H,5-8H2/t13-/m1/s1. The highest BCUT2D eigenvalue weighted by atomic mass is 32.1. The molecular weight excluding hydrogens is 266 g/mol. The lowest BCUT2D eigenvalue weighted by atomic mass is 10.0. The normalized spacial score (nSPS) is 19.1. The van der Waals surface area contributed by atoms with Crippen LogP contribution >= 0.6 is 11.3 Å². The third-order valence-electron chi connectivity index (χ3n) is 3.61. The Morgan fingerprint density at radius 2 is 1.89 bits per heavy atom. The van der Waals surface area contributed by atoms with Gasteiger partial charge in [-0.25, -0.2) is 8.78 Å². The second kappa shape index (κ2) is 5.53. The second-order valence-electron chi connectivity index (χ2n) is 4.75. The molecule has 1 N–H and O–H groups in total. The molecule has 0 amide bonds. The van der Waals surface area contributed by atoms with Gasteiger partial charge in [0.2, 0.25) is 0 Å². The third kappa shape index (κ3) is 2.50. The lowest BCUT2D eigenvalue weighted by molar-refractivity contribution is 0.0191. The van der Waals surface area contributed by atoms with Gasteiger partial charge < -0.3 is 5.32 Å². The summed E-state index contributed by atoms with van der Waals surface area (Å²) < 4.78 is 28.1. The first-order chi connectivity index (χ1) is 9.27. The molecule has 2 aromatic rings. The Morgan fingerprint density at radius 1 is 1.16 bits per heavy atom. The molecule has 19 heavy (non-hydrogen) atoms. The SMILES string of the molecule is FC(F)[C@@H](c1csc2ccccc12)N1CCNCC1. The third-order valence-corrected chi connectivity index (χ3v) is 4.59. The van der Waals surface area contributed by atoms with Gasteiger partial charge in [0, 0.05) is 30.9 Å². The van der Waals surface area contributed by atoms with Crippen LogP contribution in [0.2, 0.25) is 0 Å². The molecule has 1 atom stereocenters. The summed E-state index contributed by atoms with van der Waals surface area (Å²) >= 11 is 1.55. The summed E-state index contributed by atoms with van der Waals surface area (Å²) in [4.78, 5) is 1.90. The number of nitrogens with one attached hydrogen (secondary N) is 1. The zero-order valence-corrected chi connectivity index (χ0v) is 11.3. The fraction of sp³-hybridized carbons (Fsp3) is 0.429. The van der Waals surface area contributed by atoms with Crippen LogP contribution in [0.25, 0.3) is 10.1 Å². The largest absolute Gasteiger partial charge is 0.314 e. The quantitative estimate of drug-likeness (QED) is 0.930. The van der Waals surface area contributed by atoms with Gasteiger partial charge >= 0.3 is 0 Å². The molecule has 0 aliphatic carbocycles. The van der Waals surface area contributed by atoms with Gasteiger partial charge in [-0.05, 0) is 22.4 Å². The number of thiophene rings is 1. The molecule has 0 unspecified atom stereocenters. The Morgan fingerprint density at radius 3 is 2.63 bits per heavy atom. The van der Waals surface area contributed by atoms with E-state index in [4.69, 9.17) is 0 Å². The molecule has 102 valence electrons. The zero-order valence-electron chi connectivity index (χ0n) is 10.5. The van der Waals surface area contributed by atoms with Crippen LogP contribution in [0, 0.1) is 0 Å². The molecule has 1 aliphatic heterocycles. The topological polar surface area (TPSA) is 15.3 Å². The summed E-state index contributed by atoms with van der Waals surface area (Å²) in [5.41, 5.74) is 0.775. The molecule has 2 heterocycles. The van der Waals surface area contributed by atoms with E-state index in [-0.39, 0.29) is 0 Å². The fourth-order valence-electron chi connectivity index (χ4n) is 2.68. The maximum Gasteiger partial charge on any atom is 0.258 e. The van der Waals surface area contributed by atoms with Crippen LogP contribution in [0.5, 0.6) is 0 Å². The van der Waals surface area contributed by atoms with Crippen molar-refractivity contribution in [3.05, 3.63) is 35.2 Å². The highest BCUT2D eigenvalue weighted by molar-refractivity contribution is 7.17. The number of hydrogen-bond donors (Lipinski definition) is 1. The van der Waals surface area contributed by atoms with Crippen molar-refractivity contribution in [1.29, 1.82) is 0 Å². The molecule has 0 bridgehead atoms. The minimum Gasteiger partial charge on any atom is -0.314 e. The van der Waals surface area contributed by atoms with Crippen LogP contribution in [0.1, 0.15) is 11.6 Å². The van der Waals surface area contributed by atoms with Gasteiger partial charge in [0.05, 0.1) is 6.04 Å². The van der Waals surface area contributed by atoms with E-state index in [1.807, 2.05) is 34.5 Å². The van der Waals surface area contributed by atoms with Gasteiger partial charge in [0.25, 0.3) is 6.43 Å². The zero-order chi connectivity index (χ0) is 13.2. The predicted molar refractivity (Wildman–Crippen MR) is 75.0 cm³/mol. The summed E-state index contributed by atoms with van der Waals surface area (Å²) in [7, 11) is 0. The number of benzene rings is 1. The van der Waals surface area contributed by atoms with E-state index in [9.17, 15) is 8.78 Å². The average Bonchev–Trinajstić information content (AvgIpc) is 2.84. The van der Waals surface area contributed by atoms with E-state index in [0.29, 0.717) is 13.1 Å². The van der Waals surface area contributed by atoms with Crippen LogP contribution in [0.15, 0.2) is 29.6 Å². The molecular formula is C14H16F2N2S. The van der Waals surface area contributed by atoms with Gasteiger partial charge in [-0.2, -0.15) is 0 Å². The summed E-state index contributed by atoms with van der Waals surface area (Å²) in [6.07, 6.45) is -2.35. The monoisotopic (exact) mass is 282 g/mol. The maximum absolute atomic E-state index is 13.5. The van der Waals surface area contributed by atoms with E-state index in [2.05, 4.69) is 5.32 Å². The van der Waals surface area contributed by atoms with Gasteiger partial charge in [0.1, 0.15) is 0 Å². The molecule has 2 nitrogen and oxygen atoms in total. The van der Waals surface area contributed by atoms with Crippen LogP contribution in [0.3, 0.4) is 0 Å². The van der Waals surface area contributed by atoms with E-state index >= 15 is 0 Å². The Bertz CT molecular complexity index is 549. The summed E-state index contributed by atoms with van der Waals surface area (Å²) in [5.74, 6) is 0. The van der Waals surface area contributed by atoms with Gasteiger partial charge in [-0.3, -0.25) is 4.90 Å². The molecule has 1 aromatic heterocycles. The van der Waals surface area contributed by atoms with Crippen molar-refractivity contribution in [3.63, 3.8) is 0 Å². The van der Waals surface area contributed by atoms with Crippen molar-refractivity contribution in [2.75, 3.05) is 26.2 Å². The number of piperazine rings is 1. The molecule has 0 radical (unpaired) electrons. The first-order valence-electron chi connectivity index (χ1n) is 6.46. The Hall–Kier alpha value is -1.04. The summed E-state index contributed by atoms with van der Waals surface area (Å²) in [5, 5.41) is 6.07. The van der Waals surface area contributed by atoms with Gasteiger partial charge in [0.15, 0.2) is 0 Å². The van der Waals surface area contributed by atoms with Crippen molar-refractivity contribution in [2.24, 2.45) is 0 Å². The number of fused-ring (bicyclic) bond motifs is 1. The summed E-state index contributed by atoms with van der Waals surface area (Å²) in [6, 6.07) is 7.02. The van der Waals surface area contributed by atoms with Crippen LogP contribution in [0.4, 0.5) is 8.78 Å².